The highest BCUT2D eigenvalue weighted by Gasteiger charge is 2.19. The van der Waals surface area contributed by atoms with Crippen LogP contribution in [0.1, 0.15) is 27.6 Å². The highest BCUT2D eigenvalue weighted by molar-refractivity contribution is 9.11. The van der Waals surface area contributed by atoms with Crippen LogP contribution in [0.5, 0.6) is 0 Å². The molecule has 0 aliphatic heterocycles. The van der Waals surface area contributed by atoms with Gasteiger partial charge in [-0.2, -0.15) is 0 Å². The third-order valence-electron chi connectivity index (χ3n) is 2.99. The van der Waals surface area contributed by atoms with Crippen LogP contribution in [0, 0.1) is 19.7 Å². The average Bonchev–Trinajstić information content (AvgIpc) is 2.64. The summed E-state index contributed by atoms with van der Waals surface area (Å²) in [5.74, 6) is -0.165. The molecule has 1 unspecified atom stereocenters. The zero-order valence-corrected chi connectivity index (χ0v) is 13.0. The molecular formula is C14H15BrFNS. The SMILES string of the molecule is CNC(c1cc(C)ccc1F)c1cc(Br)sc1C. The Morgan fingerprint density at radius 1 is 1.22 bits per heavy atom. The van der Waals surface area contributed by atoms with Crippen molar-refractivity contribution in [1.82, 2.24) is 5.32 Å². The number of hydrogen-bond acceptors (Lipinski definition) is 2. The van der Waals surface area contributed by atoms with Gasteiger partial charge >= 0.3 is 0 Å². The predicted octanol–water partition coefficient (Wildman–Crippen LogP) is 4.58. The zero-order valence-electron chi connectivity index (χ0n) is 10.6. The van der Waals surface area contributed by atoms with Gasteiger partial charge in [0, 0.05) is 10.4 Å². The smallest absolute Gasteiger partial charge is 0.128 e. The minimum atomic E-state index is -0.165. The summed E-state index contributed by atoms with van der Waals surface area (Å²) in [6, 6.07) is 7.19. The molecule has 4 heteroatoms. The van der Waals surface area contributed by atoms with Crippen LogP contribution < -0.4 is 5.32 Å². The summed E-state index contributed by atoms with van der Waals surface area (Å²) >= 11 is 5.15. The lowest BCUT2D eigenvalue weighted by Crippen LogP contribution is -2.19. The normalized spacial score (nSPS) is 12.7. The van der Waals surface area contributed by atoms with Crippen LogP contribution in [-0.4, -0.2) is 7.05 Å². The predicted molar refractivity (Wildman–Crippen MR) is 78.8 cm³/mol. The fourth-order valence-corrected chi connectivity index (χ4v) is 3.86. The number of halogens is 2. The second-order valence-electron chi connectivity index (χ2n) is 4.31. The van der Waals surface area contributed by atoms with E-state index in [1.807, 2.05) is 20.0 Å². The van der Waals surface area contributed by atoms with Gasteiger partial charge in [-0.05, 0) is 54.5 Å². The van der Waals surface area contributed by atoms with E-state index >= 15 is 0 Å². The van der Waals surface area contributed by atoms with Crippen LogP contribution in [0.4, 0.5) is 4.39 Å². The largest absolute Gasteiger partial charge is 0.309 e. The molecule has 0 spiro atoms. The highest BCUT2D eigenvalue weighted by atomic mass is 79.9. The number of aryl methyl sites for hydroxylation is 2. The molecule has 1 N–H and O–H groups in total. The van der Waals surface area contributed by atoms with Gasteiger partial charge in [0.25, 0.3) is 0 Å². The summed E-state index contributed by atoms with van der Waals surface area (Å²) in [6.07, 6.45) is 0. The van der Waals surface area contributed by atoms with Crippen molar-refractivity contribution >= 4 is 27.3 Å². The van der Waals surface area contributed by atoms with Crippen molar-refractivity contribution < 1.29 is 4.39 Å². The van der Waals surface area contributed by atoms with Crippen molar-refractivity contribution in [3.05, 3.63) is 55.4 Å². The number of nitrogens with one attached hydrogen (secondary N) is 1. The fourth-order valence-electron chi connectivity index (χ4n) is 2.11. The number of benzene rings is 1. The van der Waals surface area contributed by atoms with Crippen LogP contribution in [-0.2, 0) is 0 Å². The zero-order chi connectivity index (χ0) is 13.3. The van der Waals surface area contributed by atoms with Crippen LogP contribution in [0.2, 0.25) is 0 Å². The molecule has 0 saturated carbocycles. The summed E-state index contributed by atoms with van der Waals surface area (Å²) in [5.41, 5.74) is 2.89. The Morgan fingerprint density at radius 2 is 1.94 bits per heavy atom. The van der Waals surface area contributed by atoms with Crippen molar-refractivity contribution in [2.24, 2.45) is 0 Å². The molecule has 18 heavy (non-hydrogen) atoms. The Kier molecular flexibility index (Phi) is 4.20. The maximum absolute atomic E-state index is 14.0. The lowest BCUT2D eigenvalue weighted by Gasteiger charge is -2.18. The Bertz CT molecular complexity index is 565. The lowest BCUT2D eigenvalue weighted by atomic mass is 9.97. The van der Waals surface area contributed by atoms with Crippen molar-refractivity contribution in [3.8, 4) is 0 Å². The molecule has 0 fully saturated rings. The van der Waals surface area contributed by atoms with Crippen LogP contribution in [0.3, 0.4) is 0 Å². The van der Waals surface area contributed by atoms with Gasteiger partial charge in [-0.15, -0.1) is 11.3 Å². The van der Waals surface area contributed by atoms with Crippen LogP contribution in [0.25, 0.3) is 0 Å². The Labute approximate surface area is 119 Å². The van der Waals surface area contributed by atoms with Gasteiger partial charge in [0.15, 0.2) is 0 Å². The minimum absolute atomic E-state index is 0.104. The first-order valence-electron chi connectivity index (χ1n) is 5.72. The first kappa shape index (κ1) is 13.7. The topological polar surface area (TPSA) is 12.0 Å². The quantitative estimate of drug-likeness (QED) is 0.870. The van der Waals surface area contributed by atoms with Crippen molar-refractivity contribution in [2.45, 2.75) is 19.9 Å². The van der Waals surface area contributed by atoms with E-state index in [4.69, 9.17) is 0 Å². The minimum Gasteiger partial charge on any atom is -0.309 e. The maximum atomic E-state index is 14.0. The van der Waals surface area contributed by atoms with E-state index in [9.17, 15) is 4.39 Å². The second kappa shape index (κ2) is 5.51. The molecule has 96 valence electrons. The van der Waals surface area contributed by atoms with E-state index in [0.717, 1.165) is 14.9 Å². The summed E-state index contributed by atoms with van der Waals surface area (Å²) in [5, 5.41) is 3.20. The highest BCUT2D eigenvalue weighted by Crippen LogP contribution is 2.34. The molecule has 1 heterocycles. The fraction of sp³-hybridized carbons (Fsp3) is 0.286. The van der Waals surface area contributed by atoms with Gasteiger partial charge < -0.3 is 5.32 Å². The molecule has 0 amide bonds. The Hall–Kier alpha value is -0.710. The van der Waals surface area contributed by atoms with E-state index in [2.05, 4.69) is 34.2 Å². The summed E-state index contributed by atoms with van der Waals surface area (Å²) in [7, 11) is 1.86. The lowest BCUT2D eigenvalue weighted by molar-refractivity contribution is 0.575. The van der Waals surface area contributed by atoms with E-state index in [1.54, 1.807) is 17.4 Å². The molecule has 1 atom stereocenters. The Balaban J connectivity index is 2.51. The van der Waals surface area contributed by atoms with Crippen molar-refractivity contribution in [3.63, 3.8) is 0 Å². The van der Waals surface area contributed by atoms with Crippen LogP contribution in [0.15, 0.2) is 28.1 Å². The van der Waals surface area contributed by atoms with Gasteiger partial charge in [-0.25, -0.2) is 4.39 Å². The number of rotatable bonds is 3. The molecule has 2 rings (SSSR count). The molecule has 0 aliphatic carbocycles. The molecule has 0 saturated heterocycles. The first-order chi connectivity index (χ1) is 8.52. The van der Waals surface area contributed by atoms with E-state index in [0.29, 0.717) is 5.56 Å². The van der Waals surface area contributed by atoms with Gasteiger partial charge in [0.05, 0.1) is 9.83 Å². The Morgan fingerprint density at radius 3 is 2.50 bits per heavy atom. The van der Waals surface area contributed by atoms with E-state index in [-0.39, 0.29) is 11.9 Å². The average molecular weight is 328 g/mol. The third kappa shape index (κ3) is 2.66. The number of hydrogen-bond donors (Lipinski definition) is 1. The maximum Gasteiger partial charge on any atom is 0.128 e. The van der Waals surface area contributed by atoms with Gasteiger partial charge in [0.2, 0.25) is 0 Å². The molecule has 1 aromatic carbocycles. The van der Waals surface area contributed by atoms with E-state index in [1.165, 1.54) is 10.9 Å². The molecular weight excluding hydrogens is 313 g/mol. The molecule has 0 aliphatic rings. The van der Waals surface area contributed by atoms with Gasteiger partial charge in [-0.1, -0.05) is 17.7 Å². The van der Waals surface area contributed by atoms with Gasteiger partial charge in [-0.3, -0.25) is 0 Å². The van der Waals surface area contributed by atoms with Crippen molar-refractivity contribution in [2.75, 3.05) is 7.05 Å². The summed E-state index contributed by atoms with van der Waals surface area (Å²) in [6.45, 7) is 4.04. The molecule has 1 nitrogen and oxygen atoms in total. The second-order valence-corrected chi connectivity index (χ2v) is 6.94. The van der Waals surface area contributed by atoms with E-state index < -0.39 is 0 Å². The molecule has 1 aromatic heterocycles. The first-order valence-corrected chi connectivity index (χ1v) is 7.33. The summed E-state index contributed by atoms with van der Waals surface area (Å²) in [4.78, 5) is 1.20. The molecule has 0 bridgehead atoms. The third-order valence-corrected chi connectivity index (χ3v) is 4.56. The van der Waals surface area contributed by atoms with Crippen molar-refractivity contribution in [1.29, 1.82) is 0 Å². The van der Waals surface area contributed by atoms with Gasteiger partial charge in [0.1, 0.15) is 5.82 Å². The summed E-state index contributed by atoms with van der Waals surface area (Å²) < 4.78 is 15.1. The number of thiophene rings is 1. The monoisotopic (exact) mass is 327 g/mol. The molecule has 0 radical (unpaired) electrons. The van der Waals surface area contributed by atoms with Crippen LogP contribution >= 0.6 is 27.3 Å². The molecule has 2 aromatic rings. The standard InChI is InChI=1S/C14H15BrFNS/c1-8-4-5-12(16)11(6-8)14(17-3)10-7-13(15)18-9(10)2/h4-7,14,17H,1-3H3.